The molecule has 0 aliphatic rings. The molecule has 0 aliphatic carbocycles. The first-order valence-electron chi connectivity index (χ1n) is 6.67. The van der Waals surface area contributed by atoms with Crippen molar-refractivity contribution in [3.05, 3.63) is 41.7 Å². The quantitative estimate of drug-likeness (QED) is 0.815. The molecule has 0 fully saturated rings. The summed E-state index contributed by atoms with van der Waals surface area (Å²) in [6, 6.07) is 4.76. The molecule has 0 aliphatic heterocycles. The van der Waals surface area contributed by atoms with Gasteiger partial charge >= 0.3 is 0 Å². The third-order valence-corrected chi connectivity index (χ3v) is 4.83. The van der Waals surface area contributed by atoms with Crippen LogP contribution in [0, 0.1) is 6.92 Å². The van der Waals surface area contributed by atoms with Crippen molar-refractivity contribution in [3.8, 4) is 0 Å². The first-order valence-corrected chi connectivity index (χ1v) is 8.15. The van der Waals surface area contributed by atoms with Crippen LogP contribution < -0.4 is 4.72 Å². The number of rotatable bonds is 7. The Hall–Kier alpha value is -1.57. The van der Waals surface area contributed by atoms with Crippen molar-refractivity contribution in [2.45, 2.75) is 44.2 Å². The molecule has 1 atom stereocenters. The van der Waals surface area contributed by atoms with Crippen molar-refractivity contribution in [1.82, 2.24) is 4.72 Å². The minimum absolute atomic E-state index is 0.0661. The van der Waals surface area contributed by atoms with E-state index in [-0.39, 0.29) is 29.1 Å². The highest BCUT2D eigenvalue weighted by atomic mass is 32.2. The van der Waals surface area contributed by atoms with Gasteiger partial charge in [-0.15, -0.1) is 0 Å². The van der Waals surface area contributed by atoms with Gasteiger partial charge in [0.25, 0.3) is 0 Å². The minimum atomic E-state index is -3.66. The van der Waals surface area contributed by atoms with Gasteiger partial charge in [0.1, 0.15) is 28.8 Å². The number of furan rings is 2. The van der Waals surface area contributed by atoms with Crippen LogP contribution in [0.25, 0.3) is 0 Å². The maximum Gasteiger partial charge on any atom is 0.244 e. The Morgan fingerprint density at radius 2 is 2.14 bits per heavy atom. The molecule has 0 radical (unpaired) electrons. The van der Waals surface area contributed by atoms with E-state index in [1.54, 1.807) is 26.2 Å². The van der Waals surface area contributed by atoms with E-state index in [9.17, 15) is 8.42 Å². The zero-order chi connectivity index (χ0) is 15.5. The van der Waals surface area contributed by atoms with Crippen LogP contribution in [0.15, 0.2) is 38.2 Å². The summed E-state index contributed by atoms with van der Waals surface area (Å²) < 4.78 is 37.5. The average Bonchev–Trinajstić information content (AvgIpc) is 3.04. The van der Waals surface area contributed by atoms with E-state index < -0.39 is 10.0 Å². The van der Waals surface area contributed by atoms with Gasteiger partial charge in [0.05, 0.1) is 6.26 Å². The van der Waals surface area contributed by atoms with Crippen LogP contribution in [0.5, 0.6) is 0 Å². The molecule has 2 heterocycles. The number of nitrogens with one attached hydrogen (secondary N) is 1. The van der Waals surface area contributed by atoms with Crippen molar-refractivity contribution < 1.29 is 22.4 Å². The molecular formula is C14H19NO5S. The minimum Gasteiger partial charge on any atom is -0.469 e. The Kier molecular flexibility index (Phi) is 4.87. The van der Waals surface area contributed by atoms with E-state index in [0.29, 0.717) is 12.8 Å². The molecule has 2 rings (SSSR count). The average molecular weight is 313 g/mol. The lowest BCUT2D eigenvalue weighted by atomic mass is 10.2. The van der Waals surface area contributed by atoms with Crippen LogP contribution in [0.2, 0.25) is 0 Å². The first-order chi connectivity index (χ1) is 9.92. The Morgan fingerprint density at radius 1 is 1.38 bits per heavy atom. The number of hydrogen-bond donors (Lipinski definition) is 2. The molecular weight excluding hydrogens is 294 g/mol. The summed E-state index contributed by atoms with van der Waals surface area (Å²) >= 11 is 0. The highest BCUT2D eigenvalue weighted by molar-refractivity contribution is 7.89. The van der Waals surface area contributed by atoms with Gasteiger partial charge in [-0.05, 0) is 32.4 Å². The maximum absolute atomic E-state index is 12.3. The highest BCUT2D eigenvalue weighted by Gasteiger charge is 2.23. The van der Waals surface area contributed by atoms with Gasteiger partial charge in [0.2, 0.25) is 10.0 Å². The molecule has 0 saturated heterocycles. The molecule has 21 heavy (non-hydrogen) atoms. The van der Waals surface area contributed by atoms with Gasteiger partial charge < -0.3 is 13.9 Å². The van der Waals surface area contributed by atoms with Gasteiger partial charge in [-0.2, -0.15) is 0 Å². The lowest BCUT2D eigenvalue weighted by Crippen LogP contribution is -2.33. The van der Waals surface area contributed by atoms with Crippen LogP contribution >= 0.6 is 0 Å². The van der Waals surface area contributed by atoms with E-state index in [1.807, 2.05) is 6.07 Å². The summed E-state index contributed by atoms with van der Waals surface area (Å²) in [6.45, 7) is 3.02. The lowest BCUT2D eigenvalue weighted by molar-refractivity contribution is 0.244. The summed E-state index contributed by atoms with van der Waals surface area (Å²) in [5, 5.41) is 8.99. The zero-order valence-corrected chi connectivity index (χ0v) is 12.8. The van der Waals surface area contributed by atoms with Gasteiger partial charge in [-0.3, -0.25) is 0 Å². The molecule has 7 heteroatoms. The summed E-state index contributed by atoms with van der Waals surface area (Å²) in [7, 11) is -3.66. The number of hydrogen-bond acceptors (Lipinski definition) is 5. The molecule has 0 bridgehead atoms. The van der Waals surface area contributed by atoms with Gasteiger partial charge in [0.15, 0.2) is 0 Å². The van der Waals surface area contributed by atoms with E-state index in [0.717, 1.165) is 5.76 Å². The first kappa shape index (κ1) is 15.8. The summed E-state index contributed by atoms with van der Waals surface area (Å²) in [5.74, 6) is 1.32. The van der Waals surface area contributed by atoms with E-state index in [4.69, 9.17) is 13.9 Å². The van der Waals surface area contributed by atoms with Crippen LogP contribution in [-0.2, 0) is 23.1 Å². The second-order valence-corrected chi connectivity index (χ2v) is 6.61. The second kappa shape index (κ2) is 6.46. The smallest absolute Gasteiger partial charge is 0.244 e. The summed E-state index contributed by atoms with van der Waals surface area (Å²) in [6.07, 6.45) is 2.87. The predicted molar refractivity (Wildman–Crippen MR) is 76.2 cm³/mol. The van der Waals surface area contributed by atoms with E-state index in [1.165, 1.54) is 6.07 Å². The Morgan fingerprint density at radius 3 is 2.71 bits per heavy atom. The predicted octanol–water partition coefficient (Wildman–Crippen LogP) is 1.97. The molecule has 116 valence electrons. The van der Waals surface area contributed by atoms with Crippen LogP contribution in [-0.4, -0.2) is 19.6 Å². The third-order valence-electron chi connectivity index (χ3n) is 3.13. The summed E-state index contributed by atoms with van der Waals surface area (Å²) in [4.78, 5) is 0.0661. The molecule has 0 amide bonds. The Labute approximate surface area is 123 Å². The molecule has 0 spiro atoms. The van der Waals surface area contributed by atoms with Gasteiger partial charge in [-0.25, -0.2) is 13.1 Å². The van der Waals surface area contributed by atoms with Crippen LogP contribution in [0.1, 0.15) is 30.6 Å². The molecule has 0 saturated carbocycles. The van der Waals surface area contributed by atoms with Crippen molar-refractivity contribution in [2.75, 3.05) is 0 Å². The lowest BCUT2D eigenvalue weighted by Gasteiger charge is -2.13. The molecule has 6 nitrogen and oxygen atoms in total. The van der Waals surface area contributed by atoms with Crippen molar-refractivity contribution in [1.29, 1.82) is 0 Å². The second-order valence-electron chi connectivity index (χ2n) is 4.93. The van der Waals surface area contributed by atoms with Gasteiger partial charge in [0, 0.05) is 18.5 Å². The molecule has 2 aromatic heterocycles. The van der Waals surface area contributed by atoms with Gasteiger partial charge in [-0.1, -0.05) is 0 Å². The normalized spacial score (nSPS) is 13.5. The van der Waals surface area contributed by atoms with Crippen LogP contribution in [0.3, 0.4) is 0 Å². The fraction of sp³-hybridized carbons (Fsp3) is 0.429. The van der Waals surface area contributed by atoms with Crippen molar-refractivity contribution in [2.24, 2.45) is 0 Å². The Balaban J connectivity index is 2.00. The Bertz CT molecular complexity index is 672. The number of aryl methyl sites for hydroxylation is 2. The largest absolute Gasteiger partial charge is 0.469 e. The number of aliphatic hydroxyl groups excluding tert-OH is 1. The fourth-order valence-corrected chi connectivity index (χ4v) is 3.55. The van der Waals surface area contributed by atoms with E-state index >= 15 is 0 Å². The highest BCUT2D eigenvalue weighted by Crippen LogP contribution is 2.20. The summed E-state index contributed by atoms with van der Waals surface area (Å²) in [5.41, 5.74) is 0. The molecule has 2 N–H and O–H groups in total. The van der Waals surface area contributed by atoms with Crippen LogP contribution in [0.4, 0.5) is 0 Å². The van der Waals surface area contributed by atoms with Crippen molar-refractivity contribution >= 4 is 10.0 Å². The SMILES string of the molecule is Cc1oc(CO)cc1S(=O)(=O)NC(C)CCc1ccco1. The molecule has 1 unspecified atom stereocenters. The number of sulfonamides is 1. The van der Waals surface area contributed by atoms with Crippen molar-refractivity contribution in [3.63, 3.8) is 0 Å². The maximum atomic E-state index is 12.3. The topological polar surface area (TPSA) is 92.7 Å². The fourth-order valence-electron chi connectivity index (χ4n) is 2.07. The standard InChI is InChI=1S/C14H19NO5S/c1-10(5-6-12-4-3-7-19-12)15-21(17,18)14-8-13(9-16)20-11(14)2/h3-4,7-8,10,15-16H,5-6,9H2,1-2H3. The molecule has 0 aromatic carbocycles. The van der Waals surface area contributed by atoms with E-state index in [2.05, 4.69) is 4.72 Å². The zero-order valence-electron chi connectivity index (χ0n) is 12.0. The monoisotopic (exact) mass is 313 g/mol. The molecule has 2 aromatic rings. The number of aliphatic hydroxyl groups is 1. The third kappa shape index (κ3) is 3.96.